The van der Waals surface area contributed by atoms with Gasteiger partial charge in [0, 0.05) is 6.61 Å². The summed E-state index contributed by atoms with van der Waals surface area (Å²) < 4.78 is 17.2. The van der Waals surface area contributed by atoms with Crippen LogP contribution in [0.4, 0.5) is 0 Å². The fourth-order valence-electron chi connectivity index (χ4n) is 3.92. The van der Waals surface area contributed by atoms with Crippen molar-refractivity contribution < 1.29 is 23.8 Å². The summed E-state index contributed by atoms with van der Waals surface area (Å²) in [4.78, 5) is 27.8. The zero-order chi connectivity index (χ0) is 25.2. The first-order valence-electron chi connectivity index (χ1n) is 11.5. The molecule has 0 N–H and O–H groups in total. The molecule has 184 valence electrons. The minimum atomic E-state index is -0.466. The molecule has 2 aromatic carbocycles. The summed E-state index contributed by atoms with van der Waals surface area (Å²) in [6.07, 6.45) is 3.76. The number of thioether (sulfide) groups is 1. The summed E-state index contributed by atoms with van der Waals surface area (Å²) >= 11 is 6.70. The molecule has 8 heteroatoms. The SMILES string of the molecule is COc1cc(/C=C2\SC(=S)N(CC3CCCO3)C2=O)ccc1OC(=O)c1ccc(C(C)(C)C)cc1. The number of carbonyl (C=O) groups excluding carboxylic acids is 2. The second-order valence-electron chi connectivity index (χ2n) is 9.55. The average molecular weight is 512 g/mol. The topological polar surface area (TPSA) is 65.1 Å². The lowest BCUT2D eigenvalue weighted by Gasteiger charge is -2.19. The summed E-state index contributed by atoms with van der Waals surface area (Å²) in [5.41, 5.74) is 2.34. The lowest BCUT2D eigenvalue weighted by atomic mass is 9.87. The van der Waals surface area contributed by atoms with Gasteiger partial charge in [-0.1, -0.05) is 63.0 Å². The van der Waals surface area contributed by atoms with Crippen LogP contribution in [0.3, 0.4) is 0 Å². The normalized spacial score (nSPS) is 19.5. The van der Waals surface area contributed by atoms with Crippen LogP contribution in [-0.4, -0.2) is 47.5 Å². The van der Waals surface area contributed by atoms with E-state index in [2.05, 4.69) is 20.8 Å². The summed E-state index contributed by atoms with van der Waals surface area (Å²) in [7, 11) is 1.51. The number of nitrogens with zero attached hydrogens (tertiary/aromatic N) is 1. The molecule has 35 heavy (non-hydrogen) atoms. The summed E-state index contributed by atoms with van der Waals surface area (Å²) in [5, 5.41) is 0. The summed E-state index contributed by atoms with van der Waals surface area (Å²) in [6.45, 7) is 7.57. The van der Waals surface area contributed by atoms with Crippen molar-refractivity contribution in [2.75, 3.05) is 20.3 Å². The molecule has 0 bridgehead atoms. The molecular formula is C27H29NO5S2. The Kier molecular flexibility index (Phi) is 7.64. The Balaban J connectivity index is 1.47. The third-order valence-corrected chi connectivity index (χ3v) is 7.34. The number of thiocarbonyl (C=S) groups is 1. The maximum atomic E-state index is 12.9. The van der Waals surface area contributed by atoms with E-state index in [-0.39, 0.29) is 17.4 Å². The van der Waals surface area contributed by atoms with E-state index in [1.165, 1.54) is 18.9 Å². The zero-order valence-electron chi connectivity index (χ0n) is 20.3. The molecule has 1 unspecified atom stereocenters. The average Bonchev–Trinajstić information content (AvgIpc) is 3.43. The van der Waals surface area contributed by atoms with Crippen molar-refractivity contribution in [1.29, 1.82) is 0 Å². The van der Waals surface area contributed by atoms with Crippen LogP contribution in [0.2, 0.25) is 0 Å². The van der Waals surface area contributed by atoms with E-state index in [0.29, 0.717) is 32.8 Å². The van der Waals surface area contributed by atoms with Gasteiger partial charge in [0.25, 0.3) is 5.91 Å². The minimum absolute atomic E-state index is 0.0000323. The van der Waals surface area contributed by atoms with Crippen LogP contribution < -0.4 is 9.47 Å². The van der Waals surface area contributed by atoms with E-state index >= 15 is 0 Å². The van der Waals surface area contributed by atoms with Gasteiger partial charge < -0.3 is 14.2 Å². The fraction of sp³-hybridized carbons (Fsp3) is 0.370. The van der Waals surface area contributed by atoms with Crippen LogP contribution in [0.5, 0.6) is 11.5 Å². The largest absolute Gasteiger partial charge is 0.493 e. The lowest BCUT2D eigenvalue weighted by Crippen LogP contribution is -2.35. The highest BCUT2D eigenvalue weighted by Crippen LogP contribution is 2.35. The van der Waals surface area contributed by atoms with Crippen LogP contribution in [0.1, 0.15) is 55.1 Å². The number of carbonyl (C=O) groups is 2. The highest BCUT2D eigenvalue weighted by molar-refractivity contribution is 8.26. The number of hydrogen-bond donors (Lipinski definition) is 0. The monoisotopic (exact) mass is 511 g/mol. The Morgan fingerprint density at radius 3 is 2.57 bits per heavy atom. The molecule has 4 rings (SSSR count). The first-order valence-corrected chi connectivity index (χ1v) is 12.8. The predicted octanol–water partition coefficient (Wildman–Crippen LogP) is 5.59. The molecule has 0 saturated carbocycles. The second-order valence-corrected chi connectivity index (χ2v) is 11.2. The van der Waals surface area contributed by atoms with Crippen LogP contribution in [0.25, 0.3) is 6.08 Å². The van der Waals surface area contributed by atoms with E-state index in [1.54, 1.807) is 41.3 Å². The molecule has 2 fully saturated rings. The molecule has 2 heterocycles. The molecule has 0 radical (unpaired) electrons. The molecule has 6 nitrogen and oxygen atoms in total. The van der Waals surface area contributed by atoms with Crippen molar-refractivity contribution in [2.45, 2.75) is 45.1 Å². The lowest BCUT2D eigenvalue weighted by molar-refractivity contribution is -0.123. The number of amides is 1. The van der Waals surface area contributed by atoms with E-state index in [0.717, 1.165) is 30.6 Å². The number of hydrogen-bond acceptors (Lipinski definition) is 7. The predicted molar refractivity (Wildman–Crippen MR) is 142 cm³/mol. The van der Waals surface area contributed by atoms with Gasteiger partial charge in [-0.25, -0.2) is 4.79 Å². The van der Waals surface area contributed by atoms with Gasteiger partial charge in [-0.2, -0.15) is 0 Å². The second kappa shape index (κ2) is 10.5. The van der Waals surface area contributed by atoms with Crippen LogP contribution in [0, 0.1) is 0 Å². The molecule has 0 aliphatic carbocycles. The molecule has 1 atom stereocenters. The van der Waals surface area contributed by atoms with Crippen molar-refractivity contribution in [2.24, 2.45) is 0 Å². The maximum absolute atomic E-state index is 12.9. The highest BCUT2D eigenvalue weighted by Gasteiger charge is 2.34. The number of methoxy groups -OCH3 is 1. The highest BCUT2D eigenvalue weighted by atomic mass is 32.2. The van der Waals surface area contributed by atoms with Crippen LogP contribution in [-0.2, 0) is 14.9 Å². The minimum Gasteiger partial charge on any atom is -0.493 e. The van der Waals surface area contributed by atoms with Gasteiger partial charge in [-0.3, -0.25) is 9.69 Å². The Labute approximate surface area is 215 Å². The van der Waals surface area contributed by atoms with Crippen molar-refractivity contribution >= 4 is 46.3 Å². The molecule has 1 amide bonds. The van der Waals surface area contributed by atoms with Gasteiger partial charge in [-0.05, 0) is 59.7 Å². The zero-order valence-corrected chi connectivity index (χ0v) is 22.0. The van der Waals surface area contributed by atoms with Gasteiger partial charge >= 0.3 is 5.97 Å². The molecule has 2 saturated heterocycles. The van der Waals surface area contributed by atoms with Gasteiger partial charge in [0.05, 0.1) is 30.2 Å². The molecule has 2 aliphatic heterocycles. The third-order valence-electron chi connectivity index (χ3n) is 5.96. The quantitative estimate of drug-likeness (QED) is 0.217. The fourth-order valence-corrected chi connectivity index (χ4v) is 5.20. The first-order chi connectivity index (χ1) is 16.7. The summed E-state index contributed by atoms with van der Waals surface area (Å²) in [6, 6.07) is 12.6. The Morgan fingerprint density at radius 1 is 1.20 bits per heavy atom. The molecule has 0 spiro atoms. The standard InChI is InChI=1S/C27H29NO5S2/c1-27(2,3)19-10-8-18(9-11-19)25(30)33-21-12-7-17(14-22(21)31-4)15-23-24(29)28(26(34)35-23)16-20-6-5-13-32-20/h7-12,14-15,20H,5-6,13,16H2,1-4H3/b23-15-. The summed E-state index contributed by atoms with van der Waals surface area (Å²) in [5.74, 6) is 0.115. The van der Waals surface area contributed by atoms with E-state index < -0.39 is 5.97 Å². The van der Waals surface area contributed by atoms with E-state index in [4.69, 9.17) is 26.4 Å². The van der Waals surface area contributed by atoms with Crippen molar-refractivity contribution in [3.05, 3.63) is 64.1 Å². The van der Waals surface area contributed by atoms with Crippen molar-refractivity contribution in [3.63, 3.8) is 0 Å². The molecular weight excluding hydrogens is 482 g/mol. The van der Waals surface area contributed by atoms with Crippen LogP contribution >= 0.6 is 24.0 Å². The van der Waals surface area contributed by atoms with Gasteiger partial charge in [0.15, 0.2) is 11.5 Å². The van der Waals surface area contributed by atoms with Crippen molar-refractivity contribution in [3.8, 4) is 11.5 Å². The smallest absolute Gasteiger partial charge is 0.343 e. The number of ether oxygens (including phenoxy) is 3. The number of benzene rings is 2. The van der Waals surface area contributed by atoms with E-state index in [9.17, 15) is 9.59 Å². The Bertz CT molecular complexity index is 1160. The Morgan fingerprint density at radius 2 is 1.94 bits per heavy atom. The van der Waals surface area contributed by atoms with Gasteiger partial charge in [0.1, 0.15) is 4.32 Å². The van der Waals surface area contributed by atoms with Gasteiger partial charge in [-0.15, -0.1) is 0 Å². The molecule has 0 aromatic heterocycles. The molecule has 2 aromatic rings. The maximum Gasteiger partial charge on any atom is 0.343 e. The van der Waals surface area contributed by atoms with Gasteiger partial charge in [0.2, 0.25) is 0 Å². The number of esters is 1. The first kappa shape index (κ1) is 25.4. The molecule has 2 aliphatic rings. The van der Waals surface area contributed by atoms with E-state index in [1.807, 2.05) is 12.1 Å². The van der Waals surface area contributed by atoms with Crippen LogP contribution in [0.15, 0.2) is 47.4 Å². The number of rotatable bonds is 6. The third kappa shape index (κ3) is 5.94. The Hall–Kier alpha value is -2.68. The van der Waals surface area contributed by atoms with Crippen molar-refractivity contribution in [1.82, 2.24) is 4.90 Å².